The average Bonchev–Trinajstić information content (AvgIpc) is 2.89. The lowest BCUT2D eigenvalue weighted by atomic mass is 10.2. The molecule has 1 amide bonds. The van der Waals surface area contributed by atoms with Gasteiger partial charge in [0.2, 0.25) is 0 Å². The molecule has 3 nitrogen and oxygen atoms in total. The summed E-state index contributed by atoms with van der Waals surface area (Å²) in [6.45, 7) is 4.07. The molecule has 4 heteroatoms. The molecule has 20 heavy (non-hydrogen) atoms. The van der Waals surface area contributed by atoms with Crippen LogP contribution in [0.25, 0.3) is 11.3 Å². The number of hydrogen-bond acceptors (Lipinski definition) is 2. The summed E-state index contributed by atoms with van der Waals surface area (Å²) < 4.78 is 5.59. The Morgan fingerprint density at radius 3 is 2.75 bits per heavy atom. The summed E-state index contributed by atoms with van der Waals surface area (Å²) in [5.41, 5.74) is 0.787. The zero-order valence-corrected chi connectivity index (χ0v) is 12.4. The van der Waals surface area contributed by atoms with E-state index in [9.17, 15) is 4.79 Å². The van der Waals surface area contributed by atoms with E-state index >= 15 is 0 Å². The zero-order valence-electron chi connectivity index (χ0n) is 11.7. The highest BCUT2D eigenvalue weighted by atomic mass is 35.5. The molecule has 1 atom stereocenters. The van der Waals surface area contributed by atoms with Crippen LogP contribution in [-0.4, -0.2) is 11.9 Å². The molecule has 2 aromatic rings. The number of hydrogen-bond donors (Lipinski definition) is 1. The third-order valence-electron chi connectivity index (χ3n) is 3.07. The van der Waals surface area contributed by atoms with Crippen LogP contribution in [0.4, 0.5) is 0 Å². The van der Waals surface area contributed by atoms with Crippen LogP contribution in [0.1, 0.15) is 37.2 Å². The molecule has 0 spiro atoms. The molecular formula is C16H18ClNO2. The number of furan rings is 1. The smallest absolute Gasteiger partial charge is 0.287 e. The molecule has 1 N–H and O–H groups in total. The Kier molecular flexibility index (Phi) is 4.85. The number of carbonyl (C=O) groups is 1. The maximum Gasteiger partial charge on any atom is 0.287 e. The lowest BCUT2D eigenvalue weighted by Gasteiger charge is -2.11. The standard InChI is InChI=1S/C16H18ClNO2/c1-3-6-11(2)18-16(19)15-10-9-14(20-15)12-7-4-5-8-13(12)17/h4-5,7-11H,3,6H2,1-2H3,(H,18,19). The van der Waals surface area contributed by atoms with Crippen LogP contribution in [-0.2, 0) is 0 Å². The van der Waals surface area contributed by atoms with Crippen molar-refractivity contribution in [2.75, 3.05) is 0 Å². The van der Waals surface area contributed by atoms with Crippen molar-refractivity contribution >= 4 is 17.5 Å². The van der Waals surface area contributed by atoms with Gasteiger partial charge in [0.25, 0.3) is 5.91 Å². The number of benzene rings is 1. The molecule has 106 valence electrons. The van der Waals surface area contributed by atoms with E-state index in [0.717, 1.165) is 18.4 Å². The summed E-state index contributed by atoms with van der Waals surface area (Å²) in [4.78, 5) is 12.0. The molecule has 0 bridgehead atoms. The fourth-order valence-electron chi connectivity index (χ4n) is 2.07. The Bertz CT molecular complexity index is 592. The van der Waals surface area contributed by atoms with E-state index < -0.39 is 0 Å². The van der Waals surface area contributed by atoms with E-state index in [4.69, 9.17) is 16.0 Å². The summed E-state index contributed by atoms with van der Waals surface area (Å²) in [5.74, 6) is 0.719. The second-order valence-corrected chi connectivity index (χ2v) is 5.21. The lowest BCUT2D eigenvalue weighted by Crippen LogP contribution is -2.32. The topological polar surface area (TPSA) is 42.2 Å². The first-order chi connectivity index (χ1) is 9.61. The monoisotopic (exact) mass is 291 g/mol. The van der Waals surface area contributed by atoms with Gasteiger partial charge in [-0.1, -0.05) is 37.1 Å². The predicted molar refractivity (Wildman–Crippen MR) is 81.0 cm³/mol. The Morgan fingerprint density at radius 2 is 2.05 bits per heavy atom. The Labute approximate surface area is 123 Å². The number of amides is 1. The molecular weight excluding hydrogens is 274 g/mol. The third kappa shape index (κ3) is 3.42. The number of halogens is 1. The van der Waals surface area contributed by atoms with Gasteiger partial charge in [0.1, 0.15) is 5.76 Å². The van der Waals surface area contributed by atoms with E-state index in [-0.39, 0.29) is 11.9 Å². The largest absolute Gasteiger partial charge is 0.451 e. The molecule has 0 aliphatic rings. The summed E-state index contributed by atoms with van der Waals surface area (Å²) in [7, 11) is 0. The van der Waals surface area contributed by atoms with Crippen LogP contribution in [0, 0.1) is 0 Å². The first-order valence-corrected chi connectivity index (χ1v) is 7.15. The van der Waals surface area contributed by atoms with Gasteiger partial charge in [-0.25, -0.2) is 0 Å². The van der Waals surface area contributed by atoms with Crippen LogP contribution in [0.15, 0.2) is 40.8 Å². The zero-order chi connectivity index (χ0) is 14.5. The predicted octanol–water partition coefficient (Wildman–Crippen LogP) is 4.52. The second kappa shape index (κ2) is 6.62. The molecule has 0 fully saturated rings. The van der Waals surface area contributed by atoms with Gasteiger partial charge in [-0.15, -0.1) is 0 Å². The highest BCUT2D eigenvalue weighted by Crippen LogP contribution is 2.28. The van der Waals surface area contributed by atoms with Gasteiger partial charge >= 0.3 is 0 Å². The van der Waals surface area contributed by atoms with Gasteiger partial charge in [0, 0.05) is 11.6 Å². The normalized spacial score (nSPS) is 12.2. The van der Waals surface area contributed by atoms with E-state index in [1.807, 2.05) is 25.1 Å². The van der Waals surface area contributed by atoms with Crippen molar-refractivity contribution < 1.29 is 9.21 Å². The van der Waals surface area contributed by atoms with E-state index in [0.29, 0.717) is 16.5 Å². The molecule has 1 heterocycles. The summed E-state index contributed by atoms with van der Waals surface area (Å²) >= 11 is 6.11. The van der Waals surface area contributed by atoms with Crippen molar-refractivity contribution in [3.05, 3.63) is 47.2 Å². The maximum atomic E-state index is 12.0. The van der Waals surface area contributed by atoms with E-state index in [1.54, 1.807) is 18.2 Å². The van der Waals surface area contributed by atoms with Crippen LogP contribution in [0.2, 0.25) is 5.02 Å². The molecule has 1 unspecified atom stereocenters. The fraction of sp³-hybridized carbons (Fsp3) is 0.312. The Hall–Kier alpha value is -1.74. The number of rotatable bonds is 5. The molecule has 2 rings (SSSR count). The van der Waals surface area contributed by atoms with Crippen molar-refractivity contribution in [1.82, 2.24) is 5.32 Å². The summed E-state index contributed by atoms with van der Waals surface area (Å²) in [6.07, 6.45) is 1.98. The van der Waals surface area contributed by atoms with Gasteiger partial charge in [0.05, 0.1) is 5.02 Å². The molecule has 0 saturated carbocycles. The Morgan fingerprint density at radius 1 is 1.30 bits per heavy atom. The minimum Gasteiger partial charge on any atom is -0.451 e. The van der Waals surface area contributed by atoms with Crippen molar-refractivity contribution in [3.63, 3.8) is 0 Å². The van der Waals surface area contributed by atoms with Crippen LogP contribution in [0.5, 0.6) is 0 Å². The lowest BCUT2D eigenvalue weighted by molar-refractivity contribution is 0.0911. The first-order valence-electron chi connectivity index (χ1n) is 6.77. The number of nitrogens with one attached hydrogen (secondary N) is 1. The van der Waals surface area contributed by atoms with Gasteiger partial charge in [0.15, 0.2) is 5.76 Å². The second-order valence-electron chi connectivity index (χ2n) is 4.81. The maximum absolute atomic E-state index is 12.0. The third-order valence-corrected chi connectivity index (χ3v) is 3.40. The summed E-state index contributed by atoms with van der Waals surface area (Å²) in [5, 5.41) is 3.52. The summed E-state index contributed by atoms with van der Waals surface area (Å²) in [6, 6.07) is 11.0. The van der Waals surface area contributed by atoms with E-state index in [1.165, 1.54) is 0 Å². The van der Waals surface area contributed by atoms with Crippen molar-refractivity contribution in [1.29, 1.82) is 0 Å². The minimum atomic E-state index is -0.191. The average molecular weight is 292 g/mol. The highest BCUT2D eigenvalue weighted by molar-refractivity contribution is 6.33. The molecule has 0 aliphatic heterocycles. The molecule has 1 aromatic heterocycles. The SMILES string of the molecule is CCCC(C)NC(=O)c1ccc(-c2ccccc2Cl)o1. The molecule has 0 aliphatic carbocycles. The van der Waals surface area contributed by atoms with E-state index in [2.05, 4.69) is 12.2 Å². The first kappa shape index (κ1) is 14.7. The van der Waals surface area contributed by atoms with Crippen LogP contribution < -0.4 is 5.32 Å². The van der Waals surface area contributed by atoms with Crippen molar-refractivity contribution in [2.45, 2.75) is 32.7 Å². The van der Waals surface area contributed by atoms with Gasteiger partial charge in [-0.05, 0) is 37.6 Å². The number of carbonyl (C=O) groups excluding carboxylic acids is 1. The van der Waals surface area contributed by atoms with Gasteiger partial charge < -0.3 is 9.73 Å². The molecule has 1 aromatic carbocycles. The molecule has 0 radical (unpaired) electrons. The Balaban J connectivity index is 2.13. The highest BCUT2D eigenvalue weighted by Gasteiger charge is 2.15. The van der Waals surface area contributed by atoms with Crippen LogP contribution in [0.3, 0.4) is 0 Å². The fourth-order valence-corrected chi connectivity index (χ4v) is 2.29. The minimum absolute atomic E-state index is 0.140. The van der Waals surface area contributed by atoms with Crippen LogP contribution >= 0.6 is 11.6 Å². The molecule has 0 saturated heterocycles. The quantitative estimate of drug-likeness (QED) is 0.880. The van der Waals surface area contributed by atoms with Crippen molar-refractivity contribution in [3.8, 4) is 11.3 Å². The van der Waals surface area contributed by atoms with Gasteiger partial charge in [-0.2, -0.15) is 0 Å². The van der Waals surface area contributed by atoms with Gasteiger partial charge in [-0.3, -0.25) is 4.79 Å². The van der Waals surface area contributed by atoms with Crippen molar-refractivity contribution in [2.24, 2.45) is 0 Å².